The molecule has 1 aromatic heterocycles. The molecular formula is C27H37FN4O3. The Morgan fingerprint density at radius 3 is 2.63 bits per heavy atom. The van der Waals surface area contributed by atoms with Crippen LogP contribution in [-0.4, -0.2) is 53.7 Å². The smallest absolute Gasteiger partial charge is 0.407 e. The number of nitrogens with one attached hydrogen (secondary N) is 1. The fourth-order valence-corrected chi connectivity index (χ4v) is 5.10. The van der Waals surface area contributed by atoms with Crippen molar-refractivity contribution in [2.75, 3.05) is 24.6 Å². The highest BCUT2D eigenvalue weighted by atomic mass is 19.1. The molecule has 2 heterocycles. The zero-order valence-corrected chi connectivity index (χ0v) is 21.0. The Balaban J connectivity index is 1.34. The molecule has 2 aliphatic rings. The van der Waals surface area contributed by atoms with Gasteiger partial charge in [0.05, 0.1) is 12.7 Å². The van der Waals surface area contributed by atoms with Crippen LogP contribution in [0.15, 0.2) is 42.6 Å². The van der Waals surface area contributed by atoms with Gasteiger partial charge in [-0.1, -0.05) is 12.1 Å². The molecule has 1 saturated carbocycles. The number of alkyl carbamates (subject to hydrolysis) is 1. The lowest BCUT2D eigenvalue weighted by Crippen LogP contribution is -2.53. The minimum atomic E-state index is -0.545. The Morgan fingerprint density at radius 1 is 1.14 bits per heavy atom. The number of aromatic nitrogens is 2. The number of carbonyl (C=O) groups is 1. The summed E-state index contributed by atoms with van der Waals surface area (Å²) >= 11 is 0. The maximum absolute atomic E-state index is 13.6. The highest BCUT2D eigenvalue weighted by Gasteiger charge is 2.33. The summed E-state index contributed by atoms with van der Waals surface area (Å²) in [6.07, 6.45) is 6.11. The van der Waals surface area contributed by atoms with Crippen molar-refractivity contribution in [3.63, 3.8) is 0 Å². The number of piperidine rings is 1. The molecule has 1 unspecified atom stereocenters. The van der Waals surface area contributed by atoms with E-state index in [1.165, 1.54) is 6.07 Å². The van der Waals surface area contributed by atoms with E-state index in [2.05, 4.69) is 20.4 Å². The fourth-order valence-electron chi connectivity index (χ4n) is 5.10. The summed E-state index contributed by atoms with van der Waals surface area (Å²) in [5, 5.41) is 11.4. The van der Waals surface area contributed by atoms with Crippen LogP contribution in [0.5, 0.6) is 0 Å². The fraction of sp³-hybridized carbons (Fsp3) is 0.593. The van der Waals surface area contributed by atoms with Crippen LogP contribution in [0.1, 0.15) is 64.4 Å². The van der Waals surface area contributed by atoms with E-state index in [4.69, 9.17) is 9.47 Å². The maximum atomic E-state index is 13.6. The molecule has 1 amide bonds. The molecule has 0 bridgehead atoms. The number of benzene rings is 1. The van der Waals surface area contributed by atoms with Crippen LogP contribution < -0.4 is 10.2 Å². The second kappa shape index (κ2) is 11.3. The lowest BCUT2D eigenvalue weighted by Gasteiger charge is -2.40. The van der Waals surface area contributed by atoms with Crippen molar-refractivity contribution in [3.05, 3.63) is 54.0 Å². The second-order valence-corrected chi connectivity index (χ2v) is 10.7. The Hall–Kier alpha value is -2.74. The first kappa shape index (κ1) is 25.4. The van der Waals surface area contributed by atoms with Crippen LogP contribution in [-0.2, 0) is 9.47 Å². The number of amides is 1. The first-order valence-corrected chi connectivity index (χ1v) is 12.7. The largest absolute Gasteiger partial charge is 0.444 e. The van der Waals surface area contributed by atoms with E-state index in [0.29, 0.717) is 12.5 Å². The van der Waals surface area contributed by atoms with Gasteiger partial charge in [-0.2, -0.15) is 5.10 Å². The number of halogens is 1. The van der Waals surface area contributed by atoms with Crippen molar-refractivity contribution in [2.45, 2.75) is 76.5 Å². The van der Waals surface area contributed by atoms with Gasteiger partial charge < -0.3 is 19.7 Å². The van der Waals surface area contributed by atoms with Crippen LogP contribution in [0.4, 0.5) is 15.0 Å². The van der Waals surface area contributed by atoms with Gasteiger partial charge in [-0.15, -0.1) is 5.10 Å². The first-order valence-electron chi connectivity index (χ1n) is 12.7. The topological polar surface area (TPSA) is 76.6 Å². The molecule has 1 aliphatic heterocycles. The number of hydrogen-bond donors (Lipinski definition) is 1. The summed E-state index contributed by atoms with van der Waals surface area (Å²) < 4.78 is 25.5. The summed E-state index contributed by atoms with van der Waals surface area (Å²) in [5.41, 5.74) is 0.536. The van der Waals surface area contributed by atoms with Gasteiger partial charge in [0.15, 0.2) is 5.82 Å². The number of rotatable bonds is 6. The molecule has 0 spiro atoms. The van der Waals surface area contributed by atoms with E-state index in [1.54, 1.807) is 18.3 Å². The molecule has 1 N–H and O–H groups in total. The van der Waals surface area contributed by atoms with Gasteiger partial charge in [0.2, 0.25) is 0 Å². The molecule has 2 fully saturated rings. The van der Waals surface area contributed by atoms with E-state index < -0.39 is 11.7 Å². The zero-order chi connectivity index (χ0) is 24.8. The van der Waals surface area contributed by atoms with Crippen LogP contribution in [0, 0.1) is 11.7 Å². The van der Waals surface area contributed by atoms with Gasteiger partial charge in [-0.05, 0) is 88.6 Å². The summed E-state index contributed by atoms with van der Waals surface area (Å²) in [6, 6.07) is 10.8. The molecule has 1 aromatic carbocycles. The van der Waals surface area contributed by atoms with Gasteiger partial charge in [0.1, 0.15) is 11.4 Å². The third kappa shape index (κ3) is 7.37. The molecule has 190 valence electrons. The summed E-state index contributed by atoms with van der Waals surface area (Å²) in [4.78, 5) is 14.7. The third-order valence-electron chi connectivity index (χ3n) is 6.86. The lowest BCUT2D eigenvalue weighted by molar-refractivity contribution is -0.00575. The second-order valence-electron chi connectivity index (χ2n) is 10.7. The molecule has 8 heteroatoms. The molecule has 0 radical (unpaired) electrons. The normalized spacial score (nSPS) is 25.2. The SMILES string of the molecule is CC(C)(C)OC(=O)NC1CCN(c2cccnn2)C[C@H]1CO[C@H]1CC[C@@H](c2cccc(F)c2)CC1. The maximum Gasteiger partial charge on any atom is 0.407 e. The Morgan fingerprint density at radius 2 is 1.94 bits per heavy atom. The van der Waals surface area contributed by atoms with Gasteiger partial charge in [0, 0.05) is 31.2 Å². The number of nitrogens with zero attached hydrogens (tertiary/aromatic N) is 3. The van der Waals surface area contributed by atoms with Crippen molar-refractivity contribution in [1.29, 1.82) is 0 Å². The van der Waals surface area contributed by atoms with Crippen molar-refractivity contribution >= 4 is 11.9 Å². The zero-order valence-electron chi connectivity index (χ0n) is 21.0. The van der Waals surface area contributed by atoms with Gasteiger partial charge >= 0.3 is 6.09 Å². The molecule has 7 nitrogen and oxygen atoms in total. The van der Waals surface area contributed by atoms with Gasteiger partial charge in [-0.25, -0.2) is 9.18 Å². The van der Waals surface area contributed by atoms with E-state index in [-0.39, 0.29) is 23.9 Å². The quantitative estimate of drug-likeness (QED) is 0.616. The van der Waals surface area contributed by atoms with Crippen molar-refractivity contribution in [1.82, 2.24) is 15.5 Å². The average molecular weight is 485 g/mol. The first-order chi connectivity index (χ1) is 16.8. The highest BCUT2D eigenvalue weighted by molar-refractivity contribution is 5.68. The van der Waals surface area contributed by atoms with E-state index >= 15 is 0 Å². The van der Waals surface area contributed by atoms with Gasteiger partial charge in [-0.3, -0.25) is 0 Å². The molecule has 4 rings (SSSR count). The van der Waals surface area contributed by atoms with Crippen LogP contribution in [0.2, 0.25) is 0 Å². The number of ether oxygens (including phenoxy) is 2. The summed E-state index contributed by atoms with van der Waals surface area (Å²) in [7, 11) is 0. The molecule has 1 aliphatic carbocycles. The van der Waals surface area contributed by atoms with Gasteiger partial charge in [0.25, 0.3) is 0 Å². The molecule has 2 aromatic rings. The molecular weight excluding hydrogens is 447 g/mol. The van der Waals surface area contributed by atoms with E-state index in [9.17, 15) is 9.18 Å². The van der Waals surface area contributed by atoms with Crippen LogP contribution in [0.3, 0.4) is 0 Å². The predicted octanol–water partition coefficient (Wildman–Crippen LogP) is 5.08. The number of hydrogen-bond acceptors (Lipinski definition) is 6. The van der Waals surface area contributed by atoms with E-state index in [1.807, 2.05) is 39.0 Å². The summed E-state index contributed by atoms with van der Waals surface area (Å²) in [6.45, 7) is 7.64. The highest BCUT2D eigenvalue weighted by Crippen LogP contribution is 2.35. The van der Waals surface area contributed by atoms with Crippen molar-refractivity contribution < 1.29 is 18.7 Å². The van der Waals surface area contributed by atoms with Crippen molar-refractivity contribution in [3.8, 4) is 0 Å². The van der Waals surface area contributed by atoms with Crippen molar-refractivity contribution in [2.24, 2.45) is 5.92 Å². The Kier molecular flexibility index (Phi) is 8.21. The molecule has 2 atom stereocenters. The third-order valence-corrected chi connectivity index (χ3v) is 6.86. The Bertz CT molecular complexity index is 960. The number of anilines is 1. The minimum absolute atomic E-state index is 0.0404. The van der Waals surface area contributed by atoms with Crippen LogP contribution in [0.25, 0.3) is 0 Å². The lowest BCUT2D eigenvalue weighted by atomic mass is 9.82. The van der Waals surface area contributed by atoms with E-state index in [0.717, 1.165) is 56.6 Å². The Labute approximate surface area is 207 Å². The minimum Gasteiger partial charge on any atom is -0.444 e. The average Bonchev–Trinajstić information content (AvgIpc) is 2.83. The summed E-state index contributed by atoms with van der Waals surface area (Å²) in [5.74, 6) is 1.14. The predicted molar refractivity (Wildman–Crippen MR) is 133 cm³/mol. The monoisotopic (exact) mass is 484 g/mol. The standard InChI is InChI=1S/C27H37FN4O3/c1-27(2,3)35-26(33)30-24-13-15-32(25-8-5-14-29-31-25)17-21(24)18-34-23-11-9-19(10-12-23)20-6-4-7-22(28)16-20/h4-8,14,16,19,21,23-24H,9-13,15,17-18H2,1-3H3,(H,30,33)/t19-,21-,23+,24?/m0/s1. The number of carbonyl (C=O) groups excluding carboxylic acids is 1. The van der Waals surface area contributed by atoms with Crippen LogP contribution >= 0.6 is 0 Å². The molecule has 35 heavy (non-hydrogen) atoms. The molecule has 1 saturated heterocycles.